The third-order valence-corrected chi connectivity index (χ3v) is 4.03. The second-order valence-corrected chi connectivity index (χ2v) is 5.39. The van der Waals surface area contributed by atoms with Crippen LogP contribution in [0.5, 0.6) is 0 Å². The highest BCUT2D eigenvalue weighted by Gasteiger charge is 2.35. The first-order chi connectivity index (χ1) is 8.74. The van der Waals surface area contributed by atoms with Crippen LogP contribution in [0.15, 0.2) is 0 Å². The number of ether oxygens (including phenoxy) is 1. The molecule has 18 heavy (non-hydrogen) atoms. The van der Waals surface area contributed by atoms with Crippen LogP contribution < -0.4 is 0 Å². The number of piperidine rings is 1. The van der Waals surface area contributed by atoms with E-state index in [2.05, 4.69) is 4.90 Å². The van der Waals surface area contributed by atoms with Crippen LogP contribution in [0.2, 0.25) is 0 Å². The van der Waals surface area contributed by atoms with Crippen LogP contribution >= 0.6 is 0 Å². The number of hydrogen-bond acceptors (Lipinski definition) is 4. The molecule has 2 saturated heterocycles. The smallest absolute Gasteiger partial charge is 0.223 e. The van der Waals surface area contributed by atoms with E-state index in [1.807, 2.05) is 4.90 Å². The Balaban J connectivity index is 1.86. The van der Waals surface area contributed by atoms with Gasteiger partial charge in [-0.2, -0.15) is 0 Å². The summed E-state index contributed by atoms with van der Waals surface area (Å²) in [5, 5.41) is 9.16. The lowest BCUT2D eigenvalue weighted by Gasteiger charge is -2.37. The zero-order chi connectivity index (χ0) is 13.0. The average Bonchev–Trinajstić information content (AvgIpc) is 2.78. The first kappa shape index (κ1) is 13.8. The van der Waals surface area contributed by atoms with Crippen LogP contribution in [-0.4, -0.2) is 73.4 Å². The summed E-state index contributed by atoms with van der Waals surface area (Å²) >= 11 is 0. The molecular formula is C13H24N2O3. The van der Waals surface area contributed by atoms with E-state index in [0.717, 1.165) is 45.6 Å². The first-order valence-electron chi connectivity index (χ1n) is 6.86. The van der Waals surface area contributed by atoms with Crippen LogP contribution in [0, 0.1) is 5.92 Å². The molecule has 0 aromatic rings. The predicted octanol–water partition coefficient (Wildman–Crippen LogP) is -0.0620. The van der Waals surface area contributed by atoms with Crippen LogP contribution in [0.1, 0.15) is 19.3 Å². The summed E-state index contributed by atoms with van der Waals surface area (Å²) < 4.78 is 5.11. The molecule has 0 aromatic carbocycles. The zero-order valence-corrected chi connectivity index (χ0v) is 11.2. The average molecular weight is 256 g/mol. The second kappa shape index (κ2) is 6.50. The Labute approximate surface area is 109 Å². The number of likely N-dealkylation sites (tertiary alicyclic amines) is 2. The molecule has 2 fully saturated rings. The van der Waals surface area contributed by atoms with Crippen molar-refractivity contribution < 1.29 is 14.6 Å². The molecule has 2 aliphatic rings. The van der Waals surface area contributed by atoms with Crippen LogP contribution in [-0.2, 0) is 9.53 Å². The topological polar surface area (TPSA) is 53.0 Å². The summed E-state index contributed by atoms with van der Waals surface area (Å²) in [4.78, 5) is 16.3. The van der Waals surface area contributed by atoms with Gasteiger partial charge >= 0.3 is 0 Å². The van der Waals surface area contributed by atoms with Gasteiger partial charge in [-0.05, 0) is 19.4 Å². The molecule has 2 aliphatic heterocycles. The van der Waals surface area contributed by atoms with Crippen molar-refractivity contribution in [1.82, 2.24) is 9.80 Å². The highest BCUT2D eigenvalue weighted by atomic mass is 16.5. The van der Waals surface area contributed by atoms with Crippen molar-refractivity contribution in [2.45, 2.75) is 25.3 Å². The van der Waals surface area contributed by atoms with E-state index in [1.54, 1.807) is 7.11 Å². The number of nitrogens with zero attached hydrogens (tertiary/aromatic N) is 2. The molecule has 0 bridgehead atoms. The van der Waals surface area contributed by atoms with Crippen molar-refractivity contribution in [3.05, 3.63) is 0 Å². The molecule has 0 spiro atoms. The van der Waals surface area contributed by atoms with E-state index < -0.39 is 0 Å². The molecule has 0 radical (unpaired) electrons. The summed E-state index contributed by atoms with van der Waals surface area (Å²) in [6.07, 6.45) is 2.75. The number of amides is 1. The maximum Gasteiger partial charge on any atom is 0.223 e. The molecule has 2 atom stereocenters. The van der Waals surface area contributed by atoms with Crippen molar-refractivity contribution in [1.29, 1.82) is 0 Å². The van der Waals surface area contributed by atoms with Crippen molar-refractivity contribution in [2.24, 2.45) is 5.92 Å². The minimum Gasteiger partial charge on any atom is -0.396 e. The van der Waals surface area contributed by atoms with Crippen molar-refractivity contribution in [2.75, 3.05) is 46.5 Å². The fourth-order valence-corrected chi connectivity index (χ4v) is 2.99. The van der Waals surface area contributed by atoms with Crippen LogP contribution in [0.25, 0.3) is 0 Å². The summed E-state index contributed by atoms with van der Waals surface area (Å²) in [6, 6.07) is 0.333. The Bertz CT molecular complexity index is 285. The van der Waals surface area contributed by atoms with Gasteiger partial charge in [0.25, 0.3) is 0 Å². The largest absolute Gasteiger partial charge is 0.396 e. The molecule has 104 valence electrons. The van der Waals surface area contributed by atoms with Gasteiger partial charge in [0.1, 0.15) is 0 Å². The number of aliphatic hydroxyl groups is 1. The molecular weight excluding hydrogens is 232 g/mol. The SMILES string of the molecule is COCCN1CCCC(N2CC(CO)CC2=O)C1. The Morgan fingerprint density at radius 1 is 1.44 bits per heavy atom. The predicted molar refractivity (Wildman–Crippen MR) is 68.2 cm³/mol. The molecule has 2 heterocycles. The molecule has 1 N–H and O–H groups in total. The monoisotopic (exact) mass is 256 g/mol. The number of carbonyl (C=O) groups excluding carboxylic acids is 1. The Morgan fingerprint density at radius 3 is 2.94 bits per heavy atom. The Hall–Kier alpha value is -0.650. The molecule has 0 aromatic heterocycles. The summed E-state index contributed by atoms with van der Waals surface area (Å²) in [5.41, 5.74) is 0. The summed E-state index contributed by atoms with van der Waals surface area (Å²) in [5.74, 6) is 0.361. The van der Waals surface area contributed by atoms with E-state index >= 15 is 0 Å². The van der Waals surface area contributed by atoms with Gasteiger partial charge in [0.15, 0.2) is 0 Å². The van der Waals surface area contributed by atoms with Gasteiger partial charge in [-0.25, -0.2) is 0 Å². The Kier molecular flexibility index (Phi) is 4.97. The molecule has 2 unspecified atom stereocenters. The van der Waals surface area contributed by atoms with Gasteiger partial charge in [-0.15, -0.1) is 0 Å². The van der Waals surface area contributed by atoms with Gasteiger partial charge in [0, 0.05) is 51.7 Å². The fraction of sp³-hybridized carbons (Fsp3) is 0.923. The maximum atomic E-state index is 11.9. The summed E-state index contributed by atoms with van der Waals surface area (Å²) in [6.45, 7) is 4.61. The maximum absolute atomic E-state index is 11.9. The highest BCUT2D eigenvalue weighted by molar-refractivity contribution is 5.79. The first-order valence-corrected chi connectivity index (χ1v) is 6.86. The summed E-state index contributed by atoms with van der Waals surface area (Å²) in [7, 11) is 1.72. The van der Waals surface area contributed by atoms with E-state index in [0.29, 0.717) is 12.5 Å². The number of methoxy groups -OCH3 is 1. The Morgan fingerprint density at radius 2 is 2.28 bits per heavy atom. The van der Waals surface area contributed by atoms with E-state index in [9.17, 15) is 4.79 Å². The quantitative estimate of drug-likeness (QED) is 0.748. The van der Waals surface area contributed by atoms with Crippen LogP contribution in [0.3, 0.4) is 0 Å². The van der Waals surface area contributed by atoms with Gasteiger partial charge in [-0.3, -0.25) is 9.69 Å². The zero-order valence-electron chi connectivity index (χ0n) is 11.2. The minimum atomic E-state index is 0.127. The standard InChI is InChI=1S/C13H24N2O3/c1-18-6-5-14-4-2-3-12(9-14)15-8-11(10-16)7-13(15)17/h11-12,16H,2-10H2,1H3. The molecule has 0 saturated carbocycles. The van der Waals surface area contributed by atoms with E-state index in [4.69, 9.17) is 9.84 Å². The molecule has 1 amide bonds. The minimum absolute atomic E-state index is 0.127. The highest BCUT2D eigenvalue weighted by Crippen LogP contribution is 2.24. The lowest BCUT2D eigenvalue weighted by Crippen LogP contribution is -2.49. The number of hydrogen-bond donors (Lipinski definition) is 1. The van der Waals surface area contributed by atoms with Crippen molar-refractivity contribution >= 4 is 5.91 Å². The normalized spacial score (nSPS) is 30.1. The van der Waals surface area contributed by atoms with Crippen molar-refractivity contribution in [3.8, 4) is 0 Å². The molecule has 0 aliphatic carbocycles. The second-order valence-electron chi connectivity index (χ2n) is 5.39. The van der Waals surface area contributed by atoms with Crippen LogP contribution in [0.4, 0.5) is 0 Å². The van der Waals surface area contributed by atoms with E-state index in [-0.39, 0.29) is 18.4 Å². The van der Waals surface area contributed by atoms with Gasteiger partial charge < -0.3 is 14.7 Å². The van der Waals surface area contributed by atoms with E-state index in [1.165, 1.54) is 0 Å². The molecule has 5 heteroatoms. The molecule has 5 nitrogen and oxygen atoms in total. The van der Waals surface area contributed by atoms with Gasteiger partial charge in [0.2, 0.25) is 5.91 Å². The number of carbonyl (C=O) groups is 1. The third-order valence-electron chi connectivity index (χ3n) is 4.03. The lowest BCUT2D eigenvalue weighted by molar-refractivity contribution is -0.130. The molecule has 2 rings (SSSR count). The number of aliphatic hydroxyl groups excluding tert-OH is 1. The number of rotatable bonds is 5. The van der Waals surface area contributed by atoms with Crippen molar-refractivity contribution in [3.63, 3.8) is 0 Å². The van der Waals surface area contributed by atoms with Gasteiger partial charge in [0.05, 0.1) is 6.61 Å². The third kappa shape index (κ3) is 3.22. The van der Waals surface area contributed by atoms with Gasteiger partial charge in [-0.1, -0.05) is 0 Å². The fourth-order valence-electron chi connectivity index (χ4n) is 2.99. The lowest BCUT2D eigenvalue weighted by atomic mass is 10.0.